The maximum Gasteiger partial charge on any atom is 0.188 e. The summed E-state index contributed by atoms with van der Waals surface area (Å²) in [6, 6.07) is 6.73. The number of nitrogens with two attached hydrogens (primary N) is 1. The van der Waals surface area contributed by atoms with Crippen LogP contribution in [0.4, 0.5) is 0 Å². The van der Waals surface area contributed by atoms with Crippen molar-refractivity contribution in [3.63, 3.8) is 0 Å². The number of methoxy groups -OCH3 is 1. The fraction of sp³-hybridized carbons (Fsp3) is 0.611. The summed E-state index contributed by atoms with van der Waals surface area (Å²) < 4.78 is 5.40. The molecule has 1 aliphatic rings. The van der Waals surface area contributed by atoms with Crippen LogP contribution in [0.1, 0.15) is 49.7 Å². The van der Waals surface area contributed by atoms with Gasteiger partial charge in [0.1, 0.15) is 5.75 Å². The highest BCUT2D eigenvalue weighted by Gasteiger charge is 2.12. The molecule has 2 rings (SSSR count). The first kappa shape index (κ1) is 20.1. The lowest BCUT2D eigenvalue weighted by atomic mass is 10.1. The third kappa shape index (κ3) is 6.97. The van der Waals surface area contributed by atoms with Gasteiger partial charge in [0.05, 0.1) is 7.11 Å². The van der Waals surface area contributed by atoms with Gasteiger partial charge < -0.3 is 15.8 Å². The highest BCUT2D eigenvalue weighted by molar-refractivity contribution is 14.0. The molecule has 4 nitrogen and oxygen atoms in total. The fourth-order valence-electron chi connectivity index (χ4n) is 3.08. The van der Waals surface area contributed by atoms with E-state index in [0.29, 0.717) is 18.5 Å². The van der Waals surface area contributed by atoms with Crippen molar-refractivity contribution in [3.8, 4) is 5.75 Å². The number of aryl methyl sites for hydroxylation is 1. The molecule has 1 fully saturated rings. The van der Waals surface area contributed by atoms with Crippen molar-refractivity contribution in [3.05, 3.63) is 29.3 Å². The molecule has 0 atom stereocenters. The highest BCUT2D eigenvalue weighted by Crippen LogP contribution is 2.20. The molecule has 3 N–H and O–H groups in total. The van der Waals surface area contributed by atoms with E-state index in [-0.39, 0.29) is 24.0 Å². The molecule has 1 aromatic rings. The smallest absolute Gasteiger partial charge is 0.188 e. The van der Waals surface area contributed by atoms with E-state index in [1.165, 1.54) is 49.7 Å². The van der Waals surface area contributed by atoms with Gasteiger partial charge in [-0.1, -0.05) is 43.4 Å². The second-order valence-electron chi connectivity index (χ2n) is 6.17. The Morgan fingerprint density at radius 1 is 1.26 bits per heavy atom. The normalized spacial score (nSPS) is 16.3. The van der Waals surface area contributed by atoms with Crippen molar-refractivity contribution in [2.75, 3.05) is 13.7 Å². The fourth-order valence-corrected chi connectivity index (χ4v) is 3.08. The molecule has 0 heterocycles. The van der Waals surface area contributed by atoms with E-state index in [4.69, 9.17) is 10.5 Å². The predicted octanol–water partition coefficient (Wildman–Crippen LogP) is 3.79. The quantitative estimate of drug-likeness (QED) is 0.323. The standard InChI is InChI=1S/C18H29N3O.HI/c1-14-9-10-17(22-2)15(13-14)11-12-20-18(19)21-16-7-5-3-4-6-8-16;/h9-10,13,16H,3-8,11-12H2,1-2H3,(H3,19,20,21);1H. The molecule has 130 valence electrons. The Morgan fingerprint density at radius 3 is 2.61 bits per heavy atom. The Hall–Kier alpha value is -0.980. The third-order valence-corrected chi connectivity index (χ3v) is 4.31. The van der Waals surface area contributed by atoms with E-state index in [0.717, 1.165) is 12.2 Å². The lowest BCUT2D eigenvalue weighted by Crippen LogP contribution is -2.40. The van der Waals surface area contributed by atoms with Crippen LogP contribution >= 0.6 is 24.0 Å². The van der Waals surface area contributed by atoms with Crippen LogP contribution in [0.5, 0.6) is 5.75 Å². The van der Waals surface area contributed by atoms with Crippen molar-refractivity contribution >= 4 is 29.9 Å². The van der Waals surface area contributed by atoms with Gasteiger partial charge in [-0.25, -0.2) is 0 Å². The molecule has 0 amide bonds. The molecular formula is C18H30IN3O. The average molecular weight is 431 g/mol. The Kier molecular flexibility index (Phi) is 9.36. The number of nitrogens with zero attached hydrogens (tertiary/aromatic N) is 1. The first-order valence-electron chi connectivity index (χ1n) is 8.39. The molecular weight excluding hydrogens is 401 g/mol. The first-order valence-corrected chi connectivity index (χ1v) is 8.39. The summed E-state index contributed by atoms with van der Waals surface area (Å²) in [5.41, 5.74) is 8.46. The summed E-state index contributed by atoms with van der Waals surface area (Å²) in [6.07, 6.45) is 8.56. The largest absolute Gasteiger partial charge is 0.496 e. The van der Waals surface area contributed by atoms with Gasteiger partial charge in [0.15, 0.2) is 5.96 Å². The number of ether oxygens (including phenoxy) is 1. The summed E-state index contributed by atoms with van der Waals surface area (Å²) >= 11 is 0. The molecule has 0 aliphatic heterocycles. The summed E-state index contributed by atoms with van der Waals surface area (Å²) in [6.45, 7) is 2.78. The van der Waals surface area contributed by atoms with Crippen LogP contribution in [0.2, 0.25) is 0 Å². The highest BCUT2D eigenvalue weighted by atomic mass is 127. The van der Waals surface area contributed by atoms with E-state index < -0.39 is 0 Å². The Balaban J connectivity index is 0.00000264. The van der Waals surface area contributed by atoms with Crippen LogP contribution in [-0.2, 0) is 6.42 Å². The number of halogens is 1. The van der Waals surface area contributed by atoms with Crippen LogP contribution in [0.15, 0.2) is 23.2 Å². The van der Waals surface area contributed by atoms with Gasteiger partial charge in [-0.05, 0) is 37.8 Å². The van der Waals surface area contributed by atoms with Crippen molar-refractivity contribution < 1.29 is 4.74 Å². The van der Waals surface area contributed by atoms with Crippen LogP contribution in [-0.4, -0.2) is 25.7 Å². The van der Waals surface area contributed by atoms with Crippen LogP contribution in [0.3, 0.4) is 0 Å². The zero-order chi connectivity index (χ0) is 15.8. The van der Waals surface area contributed by atoms with Gasteiger partial charge in [0, 0.05) is 12.6 Å². The van der Waals surface area contributed by atoms with Crippen molar-refractivity contribution in [2.24, 2.45) is 10.7 Å². The van der Waals surface area contributed by atoms with Crippen LogP contribution in [0, 0.1) is 6.92 Å². The first-order chi connectivity index (χ1) is 10.7. The van der Waals surface area contributed by atoms with Gasteiger partial charge in [0.25, 0.3) is 0 Å². The van der Waals surface area contributed by atoms with E-state index in [1.807, 2.05) is 6.07 Å². The van der Waals surface area contributed by atoms with Gasteiger partial charge in [-0.3, -0.25) is 4.99 Å². The van der Waals surface area contributed by atoms with Crippen molar-refractivity contribution in [1.29, 1.82) is 0 Å². The number of aliphatic imine (C=N–C) groups is 1. The second-order valence-corrected chi connectivity index (χ2v) is 6.17. The maximum absolute atomic E-state index is 6.03. The van der Waals surface area contributed by atoms with Crippen molar-refractivity contribution in [2.45, 2.75) is 57.9 Å². The number of guanidine groups is 1. The van der Waals surface area contributed by atoms with E-state index in [1.54, 1.807) is 7.11 Å². The Morgan fingerprint density at radius 2 is 1.96 bits per heavy atom. The zero-order valence-corrected chi connectivity index (χ0v) is 16.6. The topological polar surface area (TPSA) is 59.6 Å². The monoisotopic (exact) mass is 431 g/mol. The number of rotatable bonds is 5. The second kappa shape index (κ2) is 10.7. The Labute approximate surface area is 157 Å². The number of hydrogen-bond acceptors (Lipinski definition) is 2. The molecule has 0 radical (unpaired) electrons. The SMILES string of the molecule is COc1ccc(C)cc1CCN=C(N)NC1CCCCCC1.I. The van der Waals surface area contributed by atoms with E-state index in [2.05, 4.69) is 29.4 Å². The maximum atomic E-state index is 6.03. The van der Waals surface area contributed by atoms with Gasteiger partial charge in [-0.2, -0.15) is 0 Å². The molecule has 0 saturated heterocycles. The summed E-state index contributed by atoms with van der Waals surface area (Å²) in [4.78, 5) is 4.48. The molecule has 1 aromatic carbocycles. The molecule has 0 aromatic heterocycles. The lowest BCUT2D eigenvalue weighted by molar-refractivity contribution is 0.409. The van der Waals surface area contributed by atoms with Crippen LogP contribution in [0.25, 0.3) is 0 Å². The number of benzene rings is 1. The molecule has 0 bridgehead atoms. The average Bonchev–Trinajstić information content (AvgIpc) is 2.76. The van der Waals surface area contributed by atoms with E-state index >= 15 is 0 Å². The van der Waals surface area contributed by atoms with Gasteiger partial charge in [0.2, 0.25) is 0 Å². The summed E-state index contributed by atoms with van der Waals surface area (Å²) in [5, 5.41) is 3.38. The minimum Gasteiger partial charge on any atom is -0.496 e. The summed E-state index contributed by atoms with van der Waals surface area (Å²) in [5.74, 6) is 1.51. The number of hydrogen-bond donors (Lipinski definition) is 2. The third-order valence-electron chi connectivity index (χ3n) is 4.31. The molecule has 5 heteroatoms. The minimum absolute atomic E-state index is 0. The summed E-state index contributed by atoms with van der Waals surface area (Å²) in [7, 11) is 1.71. The zero-order valence-electron chi connectivity index (χ0n) is 14.3. The van der Waals surface area contributed by atoms with Crippen molar-refractivity contribution in [1.82, 2.24) is 5.32 Å². The van der Waals surface area contributed by atoms with Gasteiger partial charge in [-0.15, -0.1) is 24.0 Å². The van der Waals surface area contributed by atoms with Gasteiger partial charge >= 0.3 is 0 Å². The molecule has 1 aliphatic carbocycles. The molecule has 0 spiro atoms. The van der Waals surface area contributed by atoms with Crippen LogP contribution < -0.4 is 15.8 Å². The predicted molar refractivity (Wildman–Crippen MR) is 108 cm³/mol. The molecule has 23 heavy (non-hydrogen) atoms. The lowest BCUT2D eigenvalue weighted by Gasteiger charge is -2.16. The molecule has 1 saturated carbocycles. The van der Waals surface area contributed by atoms with E-state index in [9.17, 15) is 0 Å². The Bertz CT molecular complexity index is 497. The molecule has 0 unspecified atom stereocenters. The number of nitrogens with one attached hydrogen (secondary N) is 1. The minimum atomic E-state index is 0.